The second-order valence-corrected chi connectivity index (χ2v) is 6.10. The van der Waals surface area contributed by atoms with Crippen LogP contribution in [0.15, 0.2) is 12.1 Å². The zero-order valence-electron chi connectivity index (χ0n) is 11.5. The summed E-state index contributed by atoms with van der Waals surface area (Å²) in [5.74, 6) is 0.379. The van der Waals surface area contributed by atoms with E-state index in [1.165, 1.54) is 0 Å². The maximum atomic E-state index is 12.1. The monoisotopic (exact) mass is 315 g/mol. The van der Waals surface area contributed by atoms with E-state index in [0.717, 1.165) is 25.9 Å². The number of nitrogens with zero attached hydrogens (tertiary/aromatic N) is 1. The maximum Gasteiger partial charge on any atom is 0.251 e. The molecule has 0 radical (unpaired) electrons. The van der Waals surface area contributed by atoms with E-state index in [1.807, 2.05) is 0 Å². The molecule has 1 aromatic rings. The SMILES string of the molecule is CN1CCC(CNC(=O)c2cc(N)c(Cl)c(Cl)c2)CC1. The second kappa shape index (κ2) is 6.66. The van der Waals surface area contributed by atoms with E-state index in [2.05, 4.69) is 17.3 Å². The van der Waals surface area contributed by atoms with Crippen LogP contribution in [0.4, 0.5) is 5.69 Å². The molecule has 0 aromatic heterocycles. The first-order valence-electron chi connectivity index (χ1n) is 6.68. The fourth-order valence-electron chi connectivity index (χ4n) is 2.35. The number of nitrogen functional groups attached to an aromatic ring is 1. The molecule has 0 bridgehead atoms. The number of piperidine rings is 1. The third-order valence-corrected chi connectivity index (χ3v) is 4.52. The molecule has 1 fully saturated rings. The van der Waals surface area contributed by atoms with Crippen molar-refractivity contribution in [2.45, 2.75) is 12.8 Å². The van der Waals surface area contributed by atoms with Crippen molar-refractivity contribution in [3.63, 3.8) is 0 Å². The molecule has 1 amide bonds. The van der Waals surface area contributed by atoms with Crippen molar-refractivity contribution in [3.8, 4) is 0 Å². The summed E-state index contributed by atoms with van der Waals surface area (Å²) >= 11 is 11.8. The van der Waals surface area contributed by atoms with Gasteiger partial charge in [-0.05, 0) is 51.0 Å². The fraction of sp³-hybridized carbons (Fsp3) is 0.500. The van der Waals surface area contributed by atoms with Gasteiger partial charge >= 0.3 is 0 Å². The molecule has 20 heavy (non-hydrogen) atoms. The first-order valence-corrected chi connectivity index (χ1v) is 7.44. The van der Waals surface area contributed by atoms with Gasteiger partial charge in [0.2, 0.25) is 0 Å². The Hall–Kier alpha value is -0.970. The average molecular weight is 316 g/mol. The molecule has 0 aliphatic carbocycles. The zero-order chi connectivity index (χ0) is 14.7. The number of nitrogens with two attached hydrogens (primary N) is 1. The summed E-state index contributed by atoms with van der Waals surface area (Å²) in [5.41, 5.74) is 6.48. The Kier molecular flexibility index (Phi) is 5.13. The first kappa shape index (κ1) is 15.4. The smallest absolute Gasteiger partial charge is 0.251 e. The quantitative estimate of drug-likeness (QED) is 0.843. The van der Waals surface area contributed by atoms with Crippen LogP contribution < -0.4 is 11.1 Å². The van der Waals surface area contributed by atoms with E-state index < -0.39 is 0 Å². The average Bonchev–Trinajstić information content (AvgIpc) is 2.43. The van der Waals surface area contributed by atoms with E-state index >= 15 is 0 Å². The van der Waals surface area contributed by atoms with Gasteiger partial charge in [0.15, 0.2) is 0 Å². The third kappa shape index (κ3) is 3.78. The molecule has 4 nitrogen and oxygen atoms in total. The van der Waals surface area contributed by atoms with Crippen LogP contribution in [0.2, 0.25) is 10.0 Å². The van der Waals surface area contributed by atoms with Crippen LogP contribution in [0, 0.1) is 5.92 Å². The molecule has 1 aliphatic heterocycles. The number of halogens is 2. The van der Waals surface area contributed by atoms with Gasteiger partial charge in [0.1, 0.15) is 0 Å². The highest BCUT2D eigenvalue weighted by molar-refractivity contribution is 6.43. The topological polar surface area (TPSA) is 58.4 Å². The molecule has 1 saturated heterocycles. The molecule has 1 heterocycles. The van der Waals surface area contributed by atoms with Crippen molar-refractivity contribution in [2.75, 3.05) is 32.4 Å². The summed E-state index contributed by atoms with van der Waals surface area (Å²) in [6.07, 6.45) is 2.22. The van der Waals surface area contributed by atoms with Crippen LogP contribution in [0.1, 0.15) is 23.2 Å². The Balaban J connectivity index is 1.92. The van der Waals surface area contributed by atoms with Gasteiger partial charge in [0.25, 0.3) is 5.91 Å². The highest BCUT2D eigenvalue weighted by atomic mass is 35.5. The van der Waals surface area contributed by atoms with Gasteiger partial charge in [-0.25, -0.2) is 0 Å². The van der Waals surface area contributed by atoms with Crippen molar-refractivity contribution in [1.82, 2.24) is 10.2 Å². The Morgan fingerprint density at radius 2 is 2.05 bits per heavy atom. The molecule has 0 saturated carbocycles. The van der Waals surface area contributed by atoms with Crippen LogP contribution >= 0.6 is 23.2 Å². The van der Waals surface area contributed by atoms with Crippen molar-refractivity contribution < 1.29 is 4.79 Å². The Bertz CT molecular complexity index is 476. The number of carbonyl (C=O) groups excluding carboxylic acids is 1. The number of hydrogen-bond acceptors (Lipinski definition) is 3. The summed E-state index contributed by atoms with van der Waals surface area (Å²) in [6, 6.07) is 3.10. The van der Waals surface area contributed by atoms with E-state index in [4.69, 9.17) is 28.9 Å². The molecule has 0 spiro atoms. The van der Waals surface area contributed by atoms with Crippen LogP contribution in [0.5, 0.6) is 0 Å². The largest absolute Gasteiger partial charge is 0.397 e. The normalized spacial score (nSPS) is 17.1. The van der Waals surface area contributed by atoms with E-state index in [-0.39, 0.29) is 5.91 Å². The van der Waals surface area contributed by atoms with Crippen LogP contribution in [0.3, 0.4) is 0 Å². The molecule has 1 aromatic carbocycles. The van der Waals surface area contributed by atoms with E-state index in [9.17, 15) is 4.79 Å². The highest BCUT2D eigenvalue weighted by Crippen LogP contribution is 2.29. The molecular formula is C14H19Cl2N3O. The summed E-state index contributed by atoms with van der Waals surface area (Å²) in [4.78, 5) is 14.4. The highest BCUT2D eigenvalue weighted by Gasteiger charge is 2.18. The lowest BCUT2D eigenvalue weighted by Crippen LogP contribution is -2.36. The molecule has 6 heteroatoms. The Morgan fingerprint density at radius 3 is 2.65 bits per heavy atom. The lowest BCUT2D eigenvalue weighted by atomic mass is 9.97. The van der Waals surface area contributed by atoms with Gasteiger partial charge in [-0.15, -0.1) is 0 Å². The number of likely N-dealkylation sites (tertiary alicyclic amines) is 1. The van der Waals surface area contributed by atoms with Gasteiger partial charge in [-0.3, -0.25) is 4.79 Å². The fourth-order valence-corrected chi connectivity index (χ4v) is 2.68. The third-order valence-electron chi connectivity index (χ3n) is 3.71. The van der Waals surface area contributed by atoms with Crippen molar-refractivity contribution in [2.24, 2.45) is 5.92 Å². The van der Waals surface area contributed by atoms with Crippen molar-refractivity contribution >= 4 is 34.8 Å². The van der Waals surface area contributed by atoms with Crippen LogP contribution in [-0.2, 0) is 0 Å². The molecule has 3 N–H and O–H groups in total. The first-order chi connectivity index (χ1) is 9.47. The number of hydrogen-bond donors (Lipinski definition) is 2. The van der Waals surface area contributed by atoms with Crippen molar-refractivity contribution in [1.29, 1.82) is 0 Å². The minimum absolute atomic E-state index is 0.158. The van der Waals surface area contributed by atoms with Gasteiger partial charge < -0.3 is 16.0 Å². The lowest BCUT2D eigenvalue weighted by Gasteiger charge is -2.28. The predicted octanol–water partition coefficient (Wildman–Crippen LogP) is 2.65. The van der Waals surface area contributed by atoms with Gasteiger partial charge in [-0.1, -0.05) is 23.2 Å². The molecule has 0 atom stereocenters. The maximum absolute atomic E-state index is 12.1. The molecular weight excluding hydrogens is 297 g/mol. The van der Waals surface area contributed by atoms with E-state index in [0.29, 0.717) is 33.8 Å². The number of rotatable bonds is 3. The molecule has 2 rings (SSSR count). The number of amides is 1. The zero-order valence-corrected chi connectivity index (χ0v) is 13.0. The summed E-state index contributed by atoms with van der Waals surface area (Å²) in [6.45, 7) is 2.85. The number of carbonyl (C=O) groups is 1. The predicted molar refractivity (Wildman–Crippen MR) is 83.4 cm³/mol. The number of nitrogens with one attached hydrogen (secondary N) is 1. The second-order valence-electron chi connectivity index (χ2n) is 5.32. The Labute approximate surface area is 129 Å². The number of benzene rings is 1. The van der Waals surface area contributed by atoms with Crippen molar-refractivity contribution in [3.05, 3.63) is 27.7 Å². The summed E-state index contributed by atoms with van der Waals surface area (Å²) < 4.78 is 0. The molecule has 110 valence electrons. The minimum atomic E-state index is -0.158. The summed E-state index contributed by atoms with van der Waals surface area (Å²) in [5, 5.41) is 3.53. The van der Waals surface area contributed by atoms with Crippen LogP contribution in [-0.4, -0.2) is 37.5 Å². The van der Waals surface area contributed by atoms with Gasteiger partial charge in [0.05, 0.1) is 15.7 Å². The number of anilines is 1. The Morgan fingerprint density at radius 1 is 1.40 bits per heavy atom. The van der Waals surface area contributed by atoms with Gasteiger partial charge in [-0.2, -0.15) is 0 Å². The van der Waals surface area contributed by atoms with E-state index in [1.54, 1.807) is 12.1 Å². The standard InChI is InChI=1S/C14H19Cl2N3O/c1-19-4-2-9(3-5-19)8-18-14(20)10-6-11(15)13(16)12(17)7-10/h6-7,9H,2-5,8,17H2,1H3,(H,18,20). The summed E-state index contributed by atoms with van der Waals surface area (Å²) in [7, 11) is 2.12. The van der Waals surface area contributed by atoms with Crippen LogP contribution in [0.25, 0.3) is 0 Å². The lowest BCUT2D eigenvalue weighted by molar-refractivity contribution is 0.0939. The molecule has 0 unspecified atom stereocenters. The minimum Gasteiger partial charge on any atom is -0.397 e. The van der Waals surface area contributed by atoms with Gasteiger partial charge in [0, 0.05) is 12.1 Å². The molecule has 1 aliphatic rings.